The van der Waals surface area contributed by atoms with Crippen LogP contribution >= 0.6 is 0 Å². The summed E-state index contributed by atoms with van der Waals surface area (Å²) in [7, 11) is 0. The van der Waals surface area contributed by atoms with Crippen molar-refractivity contribution in [1.82, 2.24) is 30.3 Å². The van der Waals surface area contributed by atoms with Crippen LogP contribution in [0.1, 0.15) is 104 Å². The summed E-state index contributed by atoms with van der Waals surface area (Å²) in [4.78, 5) is 73.2. The first-order chi connectivity index (χ1) is 26.2. The number of aromatic hydroxyl groups is 2. The molecule has 3 aromatic carbocycles. The minimum Gasteiger partial charge on any atom is -0.508 e. The molecule has 1 unspecified atom stereocenters. The Morgan fingerprint density at radius 3 is 2.32 bits per heavy atom. The molecular weight excluding hydrogens is 729 g/mol. The number of piperidine rings is 1. The number of aromatic nitrogens is 3. The number of carbonyl (C=O) groups is 5. The van der Waals surface area contributed by atoms with E-state index in [0.717, 1.165) is 12.0 Å². The third kappa shape index (κ3) is 9.70. The van der Waals surface area contributed by atoms with Crippen molar-refractivity contribution in [2.45, 2.75) is 78.8 Å². The monoisotopic (exact) mass is 773 g/mol. The Balaban J connectivity index is 0.000000246. The molecule has 1 fully saturated rings. The average Bonchev–Trinajstić information content (AvgIpc) is 3.73. The number of benzene rings is 3. The van der Waals surface area contributed by atoms with Gasteiger partial charge >= 0.3 is 29.6 Å². The number of hydrogen-bond acceptors (Lipinski definition) is 10. The number of rotatable bonds is 11. The Bertz CT molecular complexity index is 2130. The maximum Gasteiger partial charge on any atom is 1.00 e. The van der Waals surface area contributed by atoms with Crippen molar-refractivity contribution < 1.29 is 68.5 Å². The number of anilines is 1. The molecule has 56 heavy (non-hydrogen) atoms. The molecule has 2 aliphatic rings. The number of imide groups is 1. The van der Waals surface area contributed by atoms with Crippen LogP contribution in [0, 0.1) is 5.92 Å². The molecule has 288 valence electrons. The molecule has 0 aliphatic carbocycles. The Labute approximate surface area is 346 Å². The van der Waals surface area contributed by atoms with E-state index >= 15 is 0 Å². The van der Waals surface area contributed by atoms with Crippen LogP contribution in [0.3, 0.4) is 0 Å². The van der Waals surface area contributed by atoms with Crippen LogP contribution in [0.5, 0.6) is 11.5 Å². The van der Waals surface area contributed by atoms with Gasteiger partial charge in [-0.15, -0.1) is 10.2 Å². The first kappa shape index (κ1) is 43.3. The minimum absolute atomic E-state index is 0. The van der Waals surface area contributed by atoms with Crippen molar-refractivity contribution in [2.75, 3.05) is 11.9 Å². The van der Waals surface area contributed by atoms with Crippen molar-refractivity contribution in [3.05, 3.63) is 82.7 Å². The summed E-state index contributed by atoms with van der Waals surface area (Å²) in [5.74, 6) is -1.03. The van der Waals surface area contributed by atoms with E-state index < -0.39 is 17.9 Å². The number of hydrogen-bond donors (Lipinski definition) is 5. The smallest absolute Gasteiger partial charge is 0.508 e. The molecule has 1 saturated heterocycles. The van der Waals surface area contributed by atoms with Gasteiger partial charge in [0.15, 0.2) is 5.82 Å². The van der Waals surface area contributed by atoms with Gasteiger partial charge in [0.05, 0.1) is 11.8 Å². The number of nitrogens with one attached hydrogen (secondary N) is 3. The second kappa shape index (κ2) is 19.0. The first-order valence-electron chi connectivity index (χ1n) is 18.1. The predicted molar refractivity (Wildman–Crippen MR) is 202 cm³/mol. The second-order valence-electron chi connectivity index (χ2n) is 14.0. The fourth-order valence-corrected chi connectivity index (χ4v) is 6.34. The van der Waals surface area contributed by atoms with Crippen molar-refractivity contribution in [3.63, 3.8) is 0 Å². The molecule has 0 bridgehead atoms. The summed E-state index contributed by atoms with van der Waals surface area (Å²) >= 11 is 0. The quantitative estimate of drug-likeness (QED) is 0.0842. The number of nitrogens with zero attached hydrogens (tertiary/aromatic N) is 4. The van der Waals surface area contributed by atoms with Gasteiger partial charge in [0, 0.05) is 54.5 Å². The van der Waals surface area contributed by atoms with Crippen LogP contribution in [0.15, 0.2) is 54.6 Å². The molecule has 1 aromatic heterocycles. The number of carbonyl (C=O) groups excluding carboxylic acids is 6. The largest absolute Gasteiger partial charge is 1.00 e. The van der Waals surface area contributed by atoms with Gasteiger partial charge in [-0.25, -0.2) is 0 Å². The minimum atomic E-state index is -0.655. The van der Waals surface area contributed by atoms with Crippen LogP contribution in [-0.2, 0) is 25.7 Å². The van der Waals surface area contributed by atoms with Gasteiger partial charge in [-0.3, -0.25) is 33.9 Å². The maximum atomic E-state index is 12.7. The number of phenolic OH excluding ortho intramolecular Hbond substituents is 2. The van der Waals surface area contributed by atoms with Gasteiger partial charge in [0.2, 0.25) is 23.5 Å². The zero-order valence-electron chi connectivity index (χ0n) is 32.3. The zero-order valence-corrected chi connectivity index (χ0v) is 34.3. The Morgan fingerprint density at radius 1 is 0.982 bits per heavy atom. The van der Waals surface area contributed by atoms with Gasteiger partial charge < -0.3 is 30.5 Å². The molecule has 16 heteroatoms. The van der Waals surface area contributed by atoms with Crippen LogP contribution in [-0.4, -0.2) is 78.3 Å². The summed E-state index contributed by atoms with van der Waals surface area (Å²) in [6, 6.07) is 13.8. The summed E-state index contributed by atoms with van der Waals surface area (Å²) in [5.41, 5.74) is 3.66. The van der Waals surface area contributed by atoms with E-state index in [0.29, 0.717) is 58.9 Å². The van der Waals surface area contributed by atoms with Gasteiger partial charge in [-0.2, -0.15) is 17.7 Å². The summed E-state index contributed by atoms with van der Waals surface area (Å²) in [5, 5.41) is 36.6. The van der Waals surface area contributed by atoms with Crippen LogP contribution in [0.2, 0.25) is 0 Å². The fourth-order valence-electron chi connectivity index (χ4n) is 6.34. The van der Waals surface area contributed by atoms with Crippen molar-refractivity contribution in [1.29, 1.82) is 0 Å². The number of fused-ring (bicyclic) bond motifs is 1. The number of phenols is 2. The summed E-state index contributed by atoms with van der Waals surface area (Å²) < 4.78 is 1.50. The Morgan fingerprint density at radius 2 is 1.70 bits per heavy atom. The SMILES string of the molecule is CC(C)CCC(=O)Nc1cccc2c1CN(C1CCC(=O)NC1=O)C2=O.CCNC(=O)c1nnc(-c2cc(C(C)C)c(O)cc2O)n1-c1ccc([C-]=O)cc1.[Na+]. The van der Waals surface area contributed by atoms with E-state index in [2.05, 4.69) is 40.0 Å². The van der Waals surface area contributed by atoms with Gasteiger partial charge in [-0.05, 0) is 55.4 Å². The van der Waals surface area contributed by atoms with E-state index in [4.69, 9.17) is 0 Å². The molecular formula is C40H44N7NaO8. The number of amides is 5. The molecule has 4 aromatic rings. The van der Waals surface area contributed by atoms with Crippen molar-refractivity contribution in [2.24, 2.45) is 5.92 Å². The standard InChI is InChI=1S/C21H21N4O4.C19H23N3O4.Na/c1-4-22-21(29)20-24-23-19(25(20)14-7-5-13(11-26)6-8-14)16-9-15(12(2)3)17(27)10-18(16)28;1-11(2)6-8-16(23)20-14-5-3-4-12-13(14)10-22(19(12)26)15-7-9-17(24)21-18(15)25;/h5-10,12,27-28H,4H2,1-3H3,(H,22,29);3-5,11,15H,6-10H2,1-2H3,(H,20,23)(H,21,24,25);/q-1;;+1. The van der Waals surface area contributed by atoms with Crippen molar-refractivity contribution in [3.8, 4) is 28.6 Å². The van der Waals surface area contributed by atoms with Gasteiger partial charge in [0.25, 0.3) is 11.8 Å². The third-order valence-electron chi connectivity index (χ3n) is 9.26. The van der Waals surface area contributed by atoms with Crippen LogP contribution in [0.4, 0.5) is 5.69 Å². The Kier molecular flexibility index (Phi) is 14.7. The van der Waals surface area contributed by atoms with E-state index in [1.165, 1.54) is 15.5 Å². The molecule has 0 saturated carbocycles. The molecule has 1 atom stereocenters. The van der Waals surface area contributed by atoms with E-state index in [1.54, 1.807) is 61.7 Å². The van der Waals surface area contributed by atoms with Crippen LogP contribution in [0.25, 0.3) is 17.1 Å². The van der Waals surface area contributed by atoms with E-state index in [1.807, 2.05) is 13.8 Å². The Hall–Kier alpha value is -5.38. The fraction of sp³-hybridized carbons (Fsp3) is 0.350. The third-order valence-corrected chi connectivity index (χ3v) is 9.26. The topological polar surface area (TPSA) is 213 Å². The molecule has 6 rings (SSSR count). The summed E-state index contributed by atoms with van der Waals surface area (Å²) in [6.45, 7) is 10.4. The second-order valence-corrected chi connectivity index (χ2v) is 14.0. The average molecular weight is 774 g/mol. The summed E-state index contributed by atoms with van der Waals surface area (Å²) in [6.07, 6.45) is 3.56. The first-order valence-corrected chi connectivity index (χ1v) is 18.1. The molecule has 0 spiro atoms. The molecule has 5 N–H and O–H groups in total. The molecule has 15 nitrogen and oxygen atoms in total. The van der Waals surface area contributed by atoms with Gasteiger partial charge in [-0.1, -0.05) is 45.9 Å². The van der Waals surface area contributed by atoms with E-state index in [-0.39, 0.29) is 89.3 Å². The predicted octanol–water partition coefficient (Wildman–Crippen LogP) is 1.50. The van der Waals surface area contributed by atoms with Gasteiger partial charge in [0.1, 0.15) is 17.5 Å². The molecule has 0 radical (unpaired) electrons. The normalized spacial score (nSPS) is 14.7. The zero-order chi connectivity index (χ0) is 40.0. The molecule has 2 aliphatic heterocycles. The molecule has 5 amide bonds. The molecule has 3 heterocycles. The van der Waals surface area contributed by atoms with Crippen molar-refractivity contribution >= 4 is 41.5 Å². The van der Waals surface area contributed by atoms with Crippen LogP contribution < -0.4 is 45.5 Å². The maximum absolute atomic E-state index is 12.7. The van der Waals surface area contributed by atoms with E-state index in [9.17, 15) is 39.0 Å².